The van der Waals surface area contributed by atoms with Crippen LogP contribution in [0.4, 0.5) is 4.39 Å². The number of carbonyl (C=O) groups is 1. The molecule has 0 aliphatic rings. The van der Waals surface area contributed by atoms with Crippen molar-refractivity contribution in [3.63, 3.8) is 0 Å². The molecule has 0 aromatic heterocycles. The third kappa shape index (κ3) is 2.99. The van der Waals surface area contributed by atoms with Crippen molar-refractivity contribution in [2.75, 3.05) is 6.61 Å². The summed E-state index contributed by atoms with van der Waals surface area (Å²) in [4.78, 5) is 11.8. The van der Waals surface area contributed by atoms with Gasteiger partial charge in [0, 0.05) is 0 Å². The molecule has 0 amide bonds. The fourth-order valence-electron chi connectivity index (χ4n) is 1.87. The molecule has 0 spiro atoms. The maximum absolute atomic E-state index is 12.9. The number of halogens is 1. The lowest BCUT2D eigenvalue weighted by Gasteiger charge is -2.08. The lowest BCUT2D eigenvalue weighted by Crippen LogP contribution is -2.06. The van der Waals surface area contributed by atoms with Crippen LogP contribution in [-0.4, -0.2) is 12.6 Å². The van der Waals surface area contributed by atoms with E-state index in [4.69, 9.17) is 4.74 Å². The smallest absolute Gasteiger partial charge is 0.338 e. The molecule has 3 heteroatoms. The number of esters is 1. The second-order valence-corrected chi connectivity index (χ2v) is 4.26. The Morgan fingerprint density at radius 1 is 1.11 bits per heavy atom. The Balaban J connectivity index is 2.40. The first-order chi connectivity index (χ1) is 9.11. The minimum Gasteiger partial charge on any atom is -0.462 e. The highest BCUT2D eigenvalue weighted by molar-refractivity contribution is 5.92. The van der Waals surface area contributed by atoms with Gasteiger partial charge in [-0.1, -0.05) is 24.3 Å². The SMILES string of the molecule is CCOC(=O)c1cc(-c2ccc(F)cc2)ccc1C. The van der Waals surface area contributed by atoms with Crippen molar-refractivity contribution >= 4 is 5.97 Å². The third-order valence-corrected chi connectivity index (χ3v) is 2.91. The molecule has 0 N–H and O–H groups in total. The fraction of sp³-hybridized carbons (Fsp3) is 0.188. The number of rotatable bonds is 3. The topological polar surface area (TPSA) is 26.3 Å². The van der Waals surface area contributed by atoms with Gasteiger partial charge >= 0.3 is 5.97 Å². The van der Waals surface area contributed by atoms with Crippen LogP contribution in [0.1, 0.15) is 22.8 Å². The minimum atomic E-state index is -0.330. The summed E-state index contributed by atoms with van der Waals surface area (Å²) < 4.78 is 17.9. The molecule has 0 atom stereocenters. The highest BCUT2D eigenvalue weighted by Crippen LogP contribution is 2.23. The first-order valence-electron chi connectivity index (χ1n) is 6.15. The van der Waals surface area contributed by atoms with Gasteiger partial charge in [-0.25, -0.2) is 9.18 Å². The van der Waals surface area contributed by atoms with Crippen molar-refractivity contribution in [3.8, 4) is 11.1 Å². The van der Waals surface area contributed by atoms with Crippen molar-refractivity contribution in [2.24, 2.45) is 0 Å². The molecule has 0 aliphatic carbocycles. The van der Waals surface area contributed by atoms with Crippen LogP contribution in [0, 0.1) is 12.7 Å². The molecular weight excluding hydrogens is 243 g/mol. The predicted molar refractivity (Wildman–Crippen MR) is 72.5 cm³/mol. The van der Waals surface area contributed by atoms with E-state index in [1.54, 1.807) is 25.1 Å². The molecule has 2 aromatic rings. The van der Waals surface area contributed by atoms with E-state index < -0.39 is 0 Å². The maximum Gasteiger partial charge on any atom is 0.338 e. The number of aryl methyl sites for hydroxylation is 1. The van der Waals surface area contributed by atoms with E-state index in [1.807, 2.05) is 19.1 Å². The lowest BCUT2D eigenvalue weighted by molar-refractivity contribution is 0.0525. The zero-order valence-electron chi connectivity index (χ0n) is 10.9. The van der Waals surface area contributed by atoms with Crippen LogP contribution >= 0.6 is 0 Å². The Morgan fingerprint density at radius 3 is 2.37 bits per heavy atom. The average Bonchev–Trinajstić information content (AvgIpc) is 2.40. The normalized spacial score (nSPS) is 10.3. The quantitative estimate of drug-likeness (QED) is 0.778. The van der Waals surface area contributed by atoms with Crippen molar-refractivity contribution < 1.29 is 13.9 Å². The molecule has 19 heavy (non-hydrogen) atoms. The Labute approximate surface area is 111 Å². The second kappa shape index (κ2) is 5.65. The van der Waals surface area contributed by atoms with Gasteiger partial charge in [0.05, 0.1) is 12.2 Å². The monoisotopic (exact) mass is 258 g/mol. The minimum absolute atomic E-state index is 0.276. The molecule has 98 valence electrons. The summed E-state index contributed by atoms with van der Waals surface area (Å²) in [7, 11) is 0. The van der Waals surface area contributed by atoms with Gasteiger partial charge in [0.15, 0.2) is 0 Å². The van der Waals surface area contributed by atoms with Gasteiger partial charge in [-0.2, -0.15) is 0 Å². The van der Waals surface area contributed by atoms with E-state index >= 15 is 0 Å². The van der Waals surface area contributed by atoms with Crippen molar-refractivity contribution in [1.82, 2.24) is 0 Å². The summed E-state index contributed by atoms with van der Waals surface area (Å²) in [5.41, 5.74) is 3.15. The standard InChI is InChI=1S/C16H15FO2/c1-3-19-16(18)15-10-13(5-4-11(15)2)12-6-8-14(17)9-7-12/h4-10H,3H2,1-2H3. The second-order valence-electron chi connectivity index (χ2n) is 4.26. The zero-order chi connectivity index (χ0) is 13.8. The highest BCUT2D eigenvalue weighted by atomic mass is 19.1. The van der Waals surface area contributed by atoms with Crippen LogP contribution in [0.3, 0.4) is 0 Å². The van der Waals surface area contributed by atoms with Crippen molar-refractivity contribution in [1.29, 1.82) is 0 Å². The van der Waals surface area contributed by atoms with Crippen molar-refractivity contribution in [3.05, 3.63) is 59.4 Å². The molecule has 0 bridgehead atoms. The molecule has 0 heterocycles. The van der Waals surface area contributed by atoms with Crippen LogP contribution in [-0.2, 0) is 4.74 Å². The van der Waals surface area contributed by atoms with E-state index in [1.165, 1.54) is 12.1 Å². The van der Waals surface area contributed by atoms with Gasteiger partial charge in [-0.3, -0.25) is 0 Å². The summed E-state index contributed by atoms with van der Waals surface area (Å²) in [6.45, 7) is 3.98. The number of hydrogen-bond acceptors (Lipinski definition) is 2. The molecule has 0 fully saturated rings. The van der Waals surface area contributed by atoms with Crippen LogP contribution in [0.15, 0.2) is 42.5 Å². The largest absolute Gasteiger partial charge is 0.462 e. The Hall–Kier alpha value is -2.16. The summed E-state index contributed by atoms with van der Waals surface area (Å²) >= 11 is 0. The summed E-state index contributed by atoms with van der Waals surface area (Å²) in [5.74, 6) is -0.606. The van der Waals surface area contributed by atoms with Crippen LogP contribution < -0.4 is 0 Å². The van der Waals surface area contributed by atoms with Crippen molar-refractivity contribution in [2.45, 2.75) is 13.8 Å². The molecule has 2 nitrogen and oxygen atoms in total. The van der Waals surface area contributed by atoms with Gasteiger partial charge in [0.2, 0.25) is 0 Å². The summed E-state index contributed by atoms with van der Waals surface area (Å²) in [5, 5.41) is 0. The van der Waals surface area contributed by atoms with E-state index in [-0.39, 0.29) is 11.8 Å². The molecule has 0 saturated heterocycles. The number of benzene rings is 2. The number of carbonyl (C=O) groups excluding carboxylic acids is 1. The number of hydrogen-bond donors (Lipinski definition) is 0. The zero-order valence-corrected chi connectivity index (χ0v) is 10.9. The molecule has 0 saturated carbocycles. The van der Waals surface area contributed by atoms with Crippen LogP contribution in [0.25, 0.3) is 11.1 Å². The summed E-state index contributed by atoms with van der Waals surface area (Å²) in [6.07, 6.45) is 0. The molecule has 2 rings (SSSR count). The molecule has 0 unspecified atom stereocenters. The molecular formula is C16H15FO2. The van der Waals surface area contributed by atoms with Gasteiger partial charge in [-0.15, -0.1) is 0 Å². The Morgan fingerprint density at radius 2 is 1.74 bits per heavy atom. The molecule has 0 aliphatic heterocycles. The van der Waals surface area contributed by atoms with Gasteiger partial charge in [0.25, 0.3) is 0 Å². The Kier molecular flexibility index (Phi) is 3.95. The first kappa shape index (κ1) is 13.3. The van der Waals surface area contributed by atoms with Crippen LogP contribution in [0.5, 0.6) is 0 Å². The van der Waals surface area contributed by atoms with Crippen LogP contribution in [0.2, 0.25) is 0 Å². The molecule has 2 aromatic carbocycles. The predicted octanol–water partition coefficient (Wildman–Crippen LogP) is 3.98. The fourth-order valence-corrected chi connectivity index (χ4v) is 1.87. The van der Waals surface area contributed by atoms with E-state index in [2.05, 4.69) is 0 Å². The maximum atomic E-state index is 12.9. The van der Waals surface area contributed by atoms with E-state index in [0.29, 0.717) is 12.2 Å². The number of ether oxygens (including phenoxy) is 1. The average molecular weight is 258 g/mol. The van der Waals surface area contributed by atoms with E-state index in [0.717, 1.165) is 16.7 Å². The lowest BCUT2D eigenvalue weighted by atomic mass is 10.00. The highest BCUT2D eigenvalue weighted by Gasteiger charge is 2.11. The third-order valence-electron chi connectivity index (χ3n) is 2.91. The Bertz CT molecular complexity index is 588. The van der Waals surface area contributed by atoms with Gasteiger partial charge in [0.1, 0.15) is 5.82 Å². The summed E-state index contributed by atoms with van der Waals surface area (Å²) in [6, 6.07) is 11.7. The first-order valence-corrected chi connectivity index (χ1v) is 6.15. The van der Waals surface area contributed by atoms with Gasteiger partial charge in [-0.05, 0) is 48.7 Å². The van der Waals surface area contributed by atoms with Gasteiger partial charge < -0.3 is 4.74 Å². The molecule has 0 radical (unpaired) electrons. The van der Waals surface area contributed by atoms with E-state index in [9.17, 15) is 9.18 Å².